The van der Waals surface area contributed by atoms with Gasteiger partial charge in [0.05, 0.1) is 12.1 Å². The van der Waals surface area contributed by atoms with Gasteiger partial charge in [0.25, 0.3) is 0 Å². The molecule has 5 nitrogen and oxygen atoms in total. The fourth-order valence-electron chi connectivity index (χ4n) is 2.05. The van der Waals surface area contributed by atoms with Gasteiger partial charge in [0, 0.05) is 18.9 Å². The highest BCUT2D eigenvalue weighted by atomic mass is 19.1. The van der Waals surface area contributed by atoms with E-state index < -0.39 is 11.8 Å². The van der Waals surface area contributed by atoms with E-state index in [-0.39, 0.29) is 17.8 Å². The maximum Gasteiger partial charge on any atom is 0.336 e. The molecule has 0 aliphatic rings. The van der Waals surface area contributed by atoms with Crippen LogP contribution < -0.4 is 5.69 Å². The Labute approximate surface area is 114 Å². The number of imidazole rings is 1. The van der Waals surface area contributed by atoms with Crippen molar-refractivity contribution in [1.29, 1.82) is 0 Å². The SMILES string of the molecule is CCCn1ccn(Cc2ccc(F)cc2C(=O)O)c1=O. The fourth-order valence-corrected chi connectivity index (χ4v) is 2.05. The molecule has 6 heteroatoms. The normalized spacial score (nSPS) is 10.7. The molecule has 1 heterocycles. The molecule has 1 aromatic heterocycles. The number of hydrogen-bond acceptors (Lipinski definition) is 2. The number of halogens is 1. The summed E-state index contributed by atoms with van der Waals surface area (Å²) < 4.78 is 16.1. The molecule has 2 rings (SSSR count). The molecule has 0 saturated heterocycles. The van der Waals surface area contributed by atoms with Crippen LogP contribution in [0.4, 0.5) is 4.39 Å². The number of nitrogens with zero attached hydrogens (tertiary/aromatic N) is 2. The Balaban J connectivity index is 2.35. The molecule has 2 aromatic rings. The van der Waals surface area contributed by atoms with Crippen LogP contribution in [0.5, 0.6) is 0 Å². The molecule has 0 fully saturated rings. The summed E-state index contributed by atoms with van der Waals surface area (Å²) in [5.41, 5.74) is 0.0721. The molecular weight excluding hydrogens is 263 g/mol. The van der Waals surface area contributed by atoms with Crippen molar-refractivity contribution in [2.45, 2.75) is 26.4 Å². The zero-order chi connectivity index (χ0) is 14.7. The minimum atomic E-state index is -1.21. The molecule has 0 aliphatic heterocycles. The number of aromatic nitrogens is 2. The number of aromatic carboxylic acids is 1. The molecule has 20 heavy (non-hydrogen) atoms. The Morgan fingerprint density at radius 3 is 2.65 bits per heavy atom. The van der Waals surface area contributed by atoms with E-state index in [0.717, 1.165) is 12.5 Å². The first-order valence-corrected chi connectivity index (χ1v) is 6.30. The van der Waals surface area contributed by atoms with Gasteiger partial charge in [-0.25, -0.2) is 14.0 Å². The first-order valence-electron chi connectivity index (χ1n) is 6.30. The average Bonchev–Trinajstić information content (AvgIpc) is 2.74. The molecule has 0 radical (unpaired) electrons. The number of carbonyl (C=O) groups is 1. The largest absolute Gasteiger partial charge is 0.478 e. The van der Waals surface area contributed by atoms with Crippen LogP contribution in [0.3, 0.4) is 0 Å². The Morgan fingerprint density at radius 1 is 1.30 bits per heavy atom. The summed E-state index contributed by atoms with van der Waals surface area (Å²) in [4.78, 5) is 23.1. The van der Waals surface area contributed by atoms with Crippen LogP contribution in [0.25, 0.3) is 0 Å². The molecule has 0 saturated carbocycles. The summed E-state index contributed by atoms with van der Waals surface area (Å²) in [6, 6.07) is 3.55. The van der Waals surface area contributed by atoms with Crippen LogP contribution in [0.1, 0.15) is 29.3 Å². The second-order valence-corrected chi connectivity index (χ2v) is 4.51. The standard InChI is InChI=1S/C14H15FN2O3/c1-2-5-16-6-7-17(14(16)20)9-10-3-4-11(15)8-12(10)13(18)19/h3-4,6-8H,2,5,9H2,1H3,(H,18,19). The van der Waals surface area contributed by atoms with Gasteiger partial charge in [0.15, 0.2) is 0 Å². The van der Waals surface area contributed by atoms with E-state index in [4.69, 9.17) is 5.11 Å². The summed E-state index contributed by atoms with van der Waals surface area (Å²) in [5, 5.41) is 9.07. The maximum atomic E-state index is 13.1. The van der Waals surface area contributed by atoms with Crippen LogP contribution in [0.2, 0.25) is 0 Å². The van der Waals surface area contributed by atoms with Crippen molar-refractivity contribution in [3.63, 3.8) is 0 Å². The van der Waals surface area contributed by atoms with Crippen LogP contribution in [-0.4, -0.2) is 20.2 Å². The third-order valence-electron chi connectivity index (χ3n) is 3.03. The average molecular weight is 278 g/mol. The van der Waals surface area contributed by atoms with Gasteiger partial charge in [-0.3, -0.25) is 9.13 Å². The number of benzene rings is 1. The maximum absolute atomic E-state index is 13.1. The zero-order valence-corrected chi connectivity index (χ0v) is 11.0. The smallest absolute Gasteiger partial charge is 0.336 e. The van der Waals surface area contributed by atoms with Crippen LogP contribution >= 0.6 is 0 Å². The van der Waals surface area contributed by atoms with Gasteiger partial charge in [-0.15, -0.1) is 0 Å². The third-order valence-corrected chi connectivity index (χ3v) is 3.03. The van der Waals surface area contributed by atoms with Crippen LogP contribution in [-0.2, 0) is 13.1 Å². The molecule has 0 atom stereocenters. The molecule has 0 unspecified atom stereocenters. The third kappa shape index (κ3) is 2.79. The fraction of sp³-hybridized carbons (Fsp3) is 0.286. The summed E-state index contributed by atoms with van der Waals surface area (Å²) in [6.45, 7) is 2.69. The molecule has 1 aromatic carbocycles. The second-order valence-electron chi connectivity index (χ2n) is 4.51. The summed E-state index contributed by atoms with van der Waals surface area (Å²) in [5.74, 6) is -1.82. The van der Waals surface area contributed by atoms with Crippen molar-refractivity contribution in [2.24, 2.45) is 0 Å². The second kappa shape index (κ2) is 5.73. The topological polar surface area (TPSA) is 64.2 Å². The van der Waals surface area contributed by atoms with Crippen LogP contribution in [0.15, 0.2) is 35.4 Å². The van der Waals surface area contributed by atoms with Crippen molar-refractivity contribution in [2.75, 3.05) is 0 Å². The predicted octanol–water partition coefficient (Wildman–Crippen LogP) is 1.95. The number of rotatable bonds is 5. The first kappa shape index (κ1) is 14.0. The molecule has 0 amide bonds. The minimum absolute atomic E-state index is 0.109. The number of carboxylic acid groups (broad SMARTS) is 1. The lowest BCUT2D eigenvalue weighted by Gasteiger charge is -2.06. The van der Waals surface area contributed by atoms with E-state index in [2.05, 4.69) is 0 Å². The Bertz CT molecular complexity index is 688. The lowest BCUT2D eigenvalue weighted by molar-refractivity contribution is 0.0695. The number of carboxylic acids is 1. The zero-order valence-electron chi connectivity index (χ0n) is 11.0. The Hall–Kier alpha value is -2.37. The van der Waals surface area contributed by atoms with Gasteiger partial charge in [-0.05, 0) is 24.1 Å². The van der Waals surface area contributed by atoms with Gasteiger partial charge >= 0.3 is 11.7 Å². The highest BCUT2D eigenvalue weighted by molar-refractivity contribution is 5.89. The lowest BCUT2D eigenvalue weighted by Crippen LogP contribution is -2.25. The molecule has 0 spiro atoms. The van der Waals surface area contributed by atoms with E-state index in [1.807, 2.05) is 6.92 Å². The predicted molar refractivity (Wildman–Crippen MR) is 71.4 cm³/mol. The number of aryl methyl sites for hydroxylation is 1. The van der Waals surface area contributed by atoms with Crippen molar-refractivity contribution in [1.82, 2.24) is 9.13 Å². The van der Waals surface area contributed by atoms with Crippen molar-refractivity contribution < 1.29 is 14.3 Å². The minimum Gasteiger partial charge on any atom is -0.478 e. The molecule has 0 bridgehead atoms. The summed E-state index contributed by atoms with van der Waals surface area (Å²) in [6.07, 6.45) is 4.10. The van der Waals surface area contributed by atoms with E-state index in [0.29, 0.717) is 12.1 Å². The Morgan fingerprint density at radius 2 is 2.00 bits per heavy atom. The van der Waals surface area contributed by atoms with Crippen molar-refractivity contribution >= 4 is 5.97 Å². The van der Waals surface area contributed by atoms with E-state index in [1.54, 1.807) is 17.0 Å². The van der Waals surface area contributed by atoms with Gasteiger partial charge in [-0.1, -0.05) is 13.0 Å². The summed E-state index contributed by atoms with van der Waals surface area (Å²) >= 11 is 0. The molecule has 106 valence electrons. The molecular formula is C14H15FN2O3. The molecule has 1 N–H and O–H groups in total. The lowest BCUT2D eigenvalue weighted by atomic mass is 10.1. The van der Waals surface area contributed by atoms with E-state index in [9.17, 15) is 14.0 Å². The van der Waals surface area contributed by atoms with Gasteiger partial charge in [-0.2, -0.15) is 0 Å². The highest BCUT2D eigenvalue weighted by Crippen LogP contribution is 2.12. The number of hydrogen-bond donors (Lipinski definition) is 1. The quantitative estimate of drug-likeness (QED) is 0.909. The van der Waals surface area contributed by atoms with E-state index >= 15 is 0 Å². The molecule has 0 aliphatic carbocycles. The monoisotopic (exact) mass is 278 g/mol. The summed E-state index contributed by atoms with van der Waals surface area (Å²) in [7, 11) is 0. The van der Waals surface area contributed by atoms with E-state index in [1.165, 1.54) is 16.7 Å². The van der Waals surface area contributed by atoms with Crippen LogP contribution in [0, 0.1) is 5.82 Å². The van der Waals surface area contributed by atoms with Crippen molar-refractivity contribution in [3.05, 3.63) is 58.0 Å². The highest BCUT2D eigenvalue weighted by Gasteiger charge is 2.13. The Kier molecular flexibility index (Phi) is 4.02. The van der Waals surface area contributed by atoms with Gasteiger partial charge in [0.1, 0.15) is 5.82 Å². The first-order chi connectivity index (χ1) is 9.52. The van der Waals surface area contributed by atoms with Gasteiger partial charge in [0.2, 0.25) is 0 Å². The van der Waals surface area contributed by atoms with Gasteiger partial charge < -0.3 is 5.11 Å². The van der Waals surface area contributed by atoms with Crippen molar-refractivity contribution in [3.8, 4) is 0 Å².